The fourth-order valence-electron chi connectivity index (χ4n) is 2.76. The van der Waals surface area contributed by atoms with Gasteiger partial charge in [0.1, 0.15) is 5.75 Å². The first-order valence-electron chi connectivity index (χ1n) is 7.95. The topological polar surface area (TPSA) is 45.7 Å². The van der Waals surface area contributed by atoms with Crippen molar-refractivity contribution in [3.05, 3.63) is 65.7 Å². The van der Waals surface area contributed by atoms with E-state index >= 15 is 0 Å². The van der Waals surface area contributed by atoms with Crippen molar-refractivity contribution in [3.63, 3.8) is 0 Å². The van der Waals surface area contributed by atoms with Crippen LogP contribution in [-0.4, -0.2) is 26.2 Å². The molecule has 1 aliphatic rings. The number of benzene rings is 2. The quantitative estimate of drug-likeness (QED) is 0.428. The Balaban J connectivity index is 0.00000208. The first-order valence-corrected chi connectivity index (χ1v) is 7.95. The van der Waals surface area contributed by atoms with Crippen LogP contribution in [0.1, 0.15) is 23.5 Å². The lowest BCUT2D eigenvalue weighted by atomic mass is 10.1. The number of nitrogens with zero attached hydrogens (tertiary/aromatic N) is 1. The van der Waals surface area contributed by atoms with E-state index in [-0.39, 0.29) is 24.0 Å². The minimum atomic E-state index is 0. The SMILES string of the molecule is CN=C(NCc1cccc(OC)c1)NC1CC1c1ccccc1.I. The number of aliphatic imine (C=N–C) groups is 1. The third-order valence-electron chi connectivity index (χ3n) is 4.16. The van der Waals surface area contributed by atoms with Crippen molar-refractivity contribution in [1.29, 1.82) is 0 Å². The largest absolute Gasteiger partial charge is 0.497 e. The maximum atomic E-state index is 5.25. The van der Waals surface area contributed by atoms with Crippen molar-refractivity contribution in [2.45, 2.75) is 24.9 Å². The molecule has 0 aliphatic heterocycles. The maximum absolute atomic E-state index is 5.25. The summed E-state index contributed by atoms with van der Waals surface area (Å²) >= 11 is 0. The van der Waals surface area contributed by atoms with Crippen LogP contribution in [0.4, 0.5) is 0 Å². The molecule has 0 bridgehead atoms. The van der Waals surface area contributed by atoms with Crippen LogP contribution in [0.5, 0.6) is 5.75 Å². The summed E-state index contributed by atoms with van der Waals surface area (Å²) in [6.07, 6.45) is 1.16. The molecule has 0 heterocycles. The second kappa shape index (κ2) is 8.92. The van der Waals surface area contributed by atoms with Crippen LogP contribution in [-0.2, 0) is 6.54 Å². The Bertz CT molecular complexity index is 675. The fourth-order valence-corrected chi connectivity index (χ4v) is 2.76. The Morgan fingerprint density at radius 3 is 2.67 bits per heavy atom. The molecule has 2 N–H and O–H groups in total. The molecule has 4 nitrogen and oxygen atoms in total. The molecule has 0 amide bonds. The highest BCUT2D eigenvalue weighted by atomic mass is 127. The molecule has 1 saturated carbocycles. The highest BCUT2D eigenvalue weighted by Gasteiger charge is 2.38. The lowest BCUT2D eigenvalue weighted by molar-refractivity contribution is 0.414. The van der Waals surface area contributed by atoms with E-state index in [1.54, 1.807) is 14.2 Å². The van der Waals surface area contributed by atoms with Crippen molar-refractivity contribution in [3.8, 4) is 5.75 Å². The molecule has 5 heteroatoms. The lowest BCUT2D eigenvalue weighted by Crippen LogP contribution is -2.38. The van der Waals surface area contributed by atoms with Crippen molar-refractivity contribution >= 4 is 29.9 Å². The van der Waals surface area contributed by atoms with E-state index in [9.17, 15) is 0 Å². The number of halogens is 1. The summed E-state index contributed by atoms with van der Waals surface area (Å²) in [5.41, 5.74) is 2.57. The van der Waals surface area contributed by atoms with E-state index < -0.39 is 0 Å². The van der Waals surface area contributed by atoms with Crippen LogP contribution >= 0.6 is 24.0 Å². The van der Waals surface area contributed by atoms with E-state index in [0.29, 0.717) is 12.0 Å². The Labute approximate surface area is 160 Å². The van der Waals surface area contributed by atoms with Gasteiger partial charge in [-0.1, -0.05) is 42.5 Å². The molecule has 2 aromatic rings. The molecule has 2 atom stereocenters. The van der Waals surface area contributed by atoms with Gasteiger partial charge in [0.25, 0.3) is 0 Å². The van der Waals surface area contributed by atoms with Gasteiger partial charge < -0.3 is 15.4 Å². The molecular formula is C19H24IN3O. The molecule has 0 aromatic heterocycles. The van der Waals surface area contributed by atoms with Crippen LogP contribution in [0.25, 0.3) is 0 Å². The molecule has 1 aliphatic carbocycles. The summed E-state index contributed by atoms with van der Waals surface area (Å²) in [5, 5.41) is 6.86. The standard InChI is InChI=1S/C19H23N3O.HI/c1-20-19(21-13-14-7-6-10-16(11-14)23-2)22-18-12-17(18)15-8-4-3-5-9-15;/h3-11,17-18H,12-13H2,1-2H3,(H2,20,21,22);1H. The van der Waals surface area contributed by atoms with Gasteiger partial charge in [0, 0.05) is 25.6 Å². The van der Waals surface area contributed by atoms with E-state index in [0.717, 1.165) is 24.7 Å². The average molecular weight is 437 g/mol. The predicted octanol–water partition coefficient (Wildman–Crippen LogP) is 3.53. The number of nitrogens with one attached hydrogen (secondary N) is 2. The van der Waals surface area contributed by atoms with Gasteiger partial charge in [-0.05, 0) is 29.7 Å². The van der Waals surface area contributed by atoms with Gasteiger partial charge >= 0.3 is 0 Å². The number of guanidine groups is 1. The molecule has 3 rings (SSSR count). The molecule has 0 radical (unpaired) electrons. The molecular weight excluding hydrogens is 413 g/mol. The molecule has 2 unspecified atom stereocenters. The van der Waals surface area contributed by atoms with Crippen molar-refractivity contribution in [2.24, 2.45) is 4.99 Å². The van der Waals surface area contributed by atoms with Gasteiger partial charge in [0.15, 0.2) is 5.96 Å². The zero-order valence-corrected chi connectivity index (χ0v) is 16.4. The van der Waals surface area contributed by atoms with E-state index in [1.807, 2.05) is 18.2 Å². The summed E-state index contributed by atoms with van der Waals surface area (Å²) < 4.78 is 5.25. The van der Waals surface area contributed by atoms with Crippen molar-refractivity contribution in [1.82, 2.24) is 10.6 Å². The van der Waals surface area contributed by atoms with E-state index in [2.05, 4.69) is 52.0 Å². The third kappa shape index (κ3) is 4.87. The summed E-state index contributed by atoms with van der Waals surface area (Å²) in [5.74, 6) is 2.31. The Morgan fingerprint density at radius 2 is 1.96 bits per heavy atom. The van der Waals surface area contributed by atoms with Crippen LogP contribution < -0.4 is 15.4 Å². The number of hydrogen-bond acceptors (Lipinski definition) is 2. The molecule has 24 heavy (non-hydrogen) atoms. The maximum Gasteiger partial charge on any atom is 0.191 e. The number of rotatable bonds is 5. The minimum Gasteiger partial charge on any atom is -0.497 e. The Kier molecular flexibility index (Phi) is 6.90. The third-order valence-corrected chi connectivity index (χ3v) is 4.16. The summed E-state index contributed by atoms with van der Waals surface area (Å²) in [6.45, 7) is 0.722. The van der Waals surface area contributed by atoms with Gasteiger partial charge in [-0.2, -0.15) is 0 Å². The van der Waals surface area contributed by atoms with E-state index in [1.165, 1.54) is 11.1 Å². The first kappa shape index (κ1) is 18.6. The van der Waals surface area contributed by atoms with Gasteiger partial charge in [-0.15, -0.1) is 24.0 Å². The number of methoxy groups -OCH3 is 1. The van der Waals surface area contributed by atoms with E-state index in [4.69, 9.17) is 4.74 Å². The van der Waals surface area contributed by atoms with Crippen molar-refractivity contribution < 1.29 is 4.74 Å². The number of hydrogen-bond donors (Lipinski definition) is 2. The molecule has 128 valence electrons. The van der Waals surface area contributed by atoms with Crippen molar-refractivity contribution in [2.75, 3.05) is 14.2 Å². The van der Waals surface area contributed by atoms with Gasteiger partial charge in [-0.3, -0.25) is 4.99 Å². The van der Waals surface area contributed by atoms with Crippen LogP contribution in [0.2, 0.25) is 0 Å². The highest BCUT2D eigenvalue weighted by Crippen LogP contribution is 2.40. The average Bonchev–Trinajstić information content (AvgIpc) is 3.38. The molecule has 0 spiro atoms. The zero-order valence-electron chi connectivity index (χ0n) is 14.0. The van der Waals surface area contributed by atoms with Crippen LogP contribution in [0, 0.1) is 0 Å². The Hall–Kier alpha value is -1.76. The smallest absolute Gasteiger partial charge is 0.191 e. The fraction of sp³-hybridized carbons (Fsp3) is 0.316. The minimum absolute atomic E-state index is 0. The molecule has 0 saturated heterocycles. The van der Waals surface area contributed by atoms with Gasteiger partial charge in [0.05, 0.1) is 7.11 Å². The first-order chi connectivity index (χ1) is 11.3. The van der Waals surface area contributed by atoms with Gasteiger partial charge in [0.2, 0.25) is 0 Å². The summed E-state index contributed by atoms with van der Waals surface area (Å²) in [6, 6.07) is 19.2. The summed E-state index contributed by atoms with van der Waals surface area (Å²) in [7, 11) is 3.49. The zero-order chi connectivity index (χ0) is 16.1. The normalized spacial score (nSPS) is 19.2. The number of ether oxygens (including phenoxy) is 1. The van der Waals surface area contributed by atoms with Crippen LogP contribution in [0.3, 0.4) is 0 Å². The molecule has 1 fully saturated rings. The highest BCUT2D eigenvalue weighted by molar-refractivity contribution is 14.0. The van der Waals surface area contributed by atoms with Gasteiger partial charge in [-0.25, -0.2) is 0 Å². The lowest BCUT2D eigenvalue weighted by Gasteiger charge is -2.12. The van der Waals surface area contributed by atoms with Crippen LogP contribution in [0.15, 0.2) is 59.6 Å². The predicted molar refractivity (Wildman–Crippen MR) is 109 cm³/mol. The summed E-state index contributed by atoms with van der Waals surface area (Å²) in [4.78, 5) is 4.32. The Morgan fingerprint density at radius 1 is 1.17 bits per heavy atom. The molecule has 2 aromatic carbocycles. The monoisotopic (exact) mass is 437 g/mol. The second-order valence-electron chi connectivity index (χ2n) is 5.78. The second-order valence-corrected chi connectivity index (χ2v) is 5.78.